The third-order valence-corrected chi connectivity index (χ3v) is 5.44. The number of carbonyl (C=O) groups excluding carboxylic acids is 1. The van der Waals surface area contributed by atoms with E-state index in [1.54, 1.807) is 24.3 Å². The highest BCUT2D eigenvalue weighted by Gasteiger charge is 2.40. The SMILES string of the molecule is CCCCCCCOc1ccc(C(=O)c2cccc3c2OC(N)(c2nn[nH]n2)CN3)cc1. The Morgan fingerprint density at radius 3 is 2.72 bits per heavy atom. The Labute approximate surface area is 186 Å². The van der Waals surface area contributed by atoms with Crippen LogP contribution in [0.3, 0.4) is 0 Å². The molecule has 4 N–H and O–H groups in total. The summed E-state index contributed by atoms with van der Waals surface area (Å²) < 4.78 is 11.8. The van der Waals surface area contributed by atoms with Crippen molar-refractivity contribution < 1.29 is 14.3 Å². The number of nitrogens with two attached hydrogens (primary N) is 1. The number of para-hydroxylation sites is 1. The van der Waals surface area contributed by atoms with Gasteiger partial charge in [0.2, 0.25) is 11.5 Å². The first kappa shape index (κ1) is 21.8. The molecule has 32 heavy (non-hydrogen) atoms. The van der Waals surface area contributed by atoms with Crippen molar-refractivity contribution in [3.63, 3.8) is 0 Å². The summed E-state index contributed by atoms with van der Waals surface area (Å²) in [4.78, 5) is 13.2. The molecule has 0 saturated heterocycles. The topological polar surface area (TPSA) is 128 Å². The third-order valence-electron chi connectivity index (χ3n) is 5.44. The summed E-state index contributed by atoms with van der Waals surface area (Å²) in [7, 11) is 0. The largest absolute Gasteiger partial charge is 0.494 e. The normalized spacial score (nSPS) is 17.2. The first-order valence-corrected chi connectivity index (χ1v) is 11.0. The second-order valence-corrected chi connectivity index (χ2v) is 7.88. The average Bonchev–Trinajstić information content (AvgIpc) is 3.37. The molecule has 1 aromatic heterocycles. The van der Waals surface area contributed by atoms with E-state index in [9.17, 15) is 4.79 Å². The van der Waals surface area contributed by atoms with E-state index >= 15 is 0 Å². The highest BCUT2D eigenvalue weighted by Crippen LogP contribution is 2.38. The van der Waals surface area contributed by atoms with Gasteiger partial charge in [-0.25, -0.2) is 0 Å². The minimum absolute atomic E-state index is 0.174. The van der Waals surface area contributed by atoms with Crippen LogP contribution in [0.4, 0.5) is 5.69 Å². The number of unbranched alkanes of at least 4 members (excludes halogenated alkanes) is 4. The molecule has 0 fully saturated rings. The van der Waals surface area contributed by atoms with E-state index in [-0.39, 0.29) is 18.2 Å². The molecule has 3 aromatic rings. The Morgan fingerprint density at radius 1 is 1.16 bits per heavy atom. The van der Waals surface area contributed by atoms with Crippen LogP contribution in [0.2, 0.25) is 0 Å². The first-order chi connectivity index (χ1) is 15.6. The molecule has 0 bridgehead atoms. The number of hydrogen-bond acceptors (Lipinski definition) is 8. The van der Waals surface area contributed by atoms with E-state index in [1.807, 2.05) is 18.2 Å². The smallest absolute Gasteiger partial charge is 0.240 e. The van der Waals surface area contributed by atoms with Gasteiger partial charge in [-0.1, -0.05) is 38.7 Å². The second-order valence-electron chi connectivity index (χ2n) is 7.88. The maximum atomic E-state index is 13.2. The fourth-order valence-electron chi connectivity index (χ4n) is 3.63. The predicted molar refractivity (Wildman–Crippen MR) is 120 cm³/mol. The Hall–Kier alpha value is -3.46. The number of ether oxygens (including phenoxy) is 2. The van der Waals surface area contributed by atoms with Gasteiger partial charge in [0.1, 0.15) is 5.75 Å². The lowest BCUT2D eigenvalue weighted by Crippen LogP contribution is -2.52. The van der Waals surface area contributed by atoms with Crippen LogP contribution in [0.15, 0.2) is 42.5 Å². The number of nitrogens with zero attached hydrogens (tertiary/aromatic N) is 3. The average molecular weight is 437 g/mol. The summed E-state index contributed by atoms with van der Waals surface area (Å²) in [6.07, 6.45) is 5.93. The third kappa shape index (κ3) is 4.72. The van der Waals surface area contributed by atoms with Crippen molar-refractivity contribution in [3.8, 4) is 11.5 Å². The van der Waals surface area contributed by atoms with Crippen molar-refractivity contribution in [1.82, 2.24) is 20.6 Å². The van der Waals surface area contributed by atoms with Gasteiger partial charge in [-0.05, 0) is 48.0 Å². The molecule has 2 aromatic carbocycles. The van der Waals surface area contributed by atoms with Crippen molar-refractivity contribution in [3.05, 3.63) is 59.4 Å². The maximum Gasteiger partial charge on any atom is 0.240 e. The molecule has 0 radical (unpaired) electrons. The summed E-state index contributed by atoms with van der Waals surface area (Å²) >= 11 is 0. The van der Waals surface area contributed by atoms with E-state index in [0.29, 0.717) is 29.2 Å². The van der Waals surface area contributed by atoms with Gasteiger partial charge in [0, 0.05) is 5.56 Å². The van der Waals surface area contributed by atoms with Gasteiger partial charge < -0.3 is 14.8 Å². The summed E-state index contributed by atoms with van der Waals surface area (Å²) in [6, 6.07) is 12.5. The highest BCUT2D eigenvalue weighted by atomic mass is 16.5. The van der Waals surface area contributed by atoms with Crippen LogP contribution in [-0.2, 0) is 5.72 Å². The minimum atomic E-state index is -1.34. The quantitative estimate of drug-likeness (QED) is 0.326. The molecule has 2 heterocycles. The lowest BCUT2D eigenvalue weighted by atomic mass is 10.00. The molecule has 1 aliphatic heterocycles. The van der Waals surface area contributed by atoms with E-state index in [2.05, 4.69) is 32.9 Å². The van der Waals surface area contributed by atoms with Gasteiger partial charge in [0.15, 0.2) is 11.5 Å². The molecule has 0 amide bonds. The van der Waals surface area contributed by atoms with Gasteiger partial charge >= 0.3 is 0 Å². The number of nitrogens with one attached hydrogen (secondary N) is 2. The van der Waals surface area contributed by atoms with Crippen molar-refractivity contribution in [2.75, 3.05) is 18.5 Å². The molecule has 0 aliphatic carbocycles. The standard InChI is InChI=1S/C23H28N6O3/c1-2-3-4-5-6-14-31-17-12-10-16(11-13-17)20(30)18-8-7-9-19-21(18)32-23(24,15-25-19)22-26-28-29-27-22/h7-13,25H,2-6,14-15,24H2,1H3,(H,26,27,28,29). The minimum Gasteiger partial charge on any atom is -0.494 e. The van der Waals surface area contributed by atoms with Gasteiger partial charge in [0.25, 0.3) is 0 Å². The molecule has 0 spiro atoms. The lowest BCUT2D eigenvalue weighted by molar-refractivity contribution is 0.0686. The fourth-order valence-corrected chi connectivity index (χ4v) is 3.63. The summed E-state index contributed by atoms with van der Waals surface area (Å²) in [5.41, 5.74) is 6.63. The molecular weight excluding hydrogens is 408 g/mol. The highest BCUT2D eigenvalue weighted by molar-refractivity contribution is 6.11. The number of benzene rings is 2. The van der Waals surface area contributed by atoms with Gasteiger partial charge in [-0.2, -0.15) is 5.21 Å². The van der Waals surface area contributed by atoms with Crippen LogP contribution in [-0.4, -0.2) is 39.6 Å². The molecule has 9 heteroatoms. The number of H-pyrrole nitrogens is 1. The Kier molecular flexibility index (Phi) is 6.65. The lowest BCUT2D eigenvalue weighted by Gasteiger charge is -2.34. The van der Waals surface area contributed by atoms with Crippen molar-refractivity contribution >= 4 is 11.5 Å². The monoisotopic (exact) mass is 436 g/mol. The molecule has 0 saturated carbocycles. The predicted octanol–water partition coefficient (Wildman–Crippen LogP) is 3.40. The molecule has 1 aliphatic rings. The molecule has 4 rings (SSSR count). The number of fused-ring (bicyclic) bond motifs is 1. The summed E-state index contributed by atoms with van der Waals surface area (Å²) in [5, 5.41) is 17.0. The molecule has 1 unspecified atom stereocenters. The maximum absolute atomic E-state index is 13.2. The van der Waals surface area contributed by atoms with E-state index in [0.717, 1.165) is 12.2 Å². The zero-order valence-electron chi connectivity index (χ0n) is 18.1. The van der Waals surface area contributed by atoms with Crippen LogP contribution in [0.1, 0.15) is 60.8 Å². The van der Waals surface area contributed by atoms with Crippen LogP contribution in [0, 0.1) is 0 Å². The fraction of sp³-hybridized carbons (Fsp3) is 0.391. The van der Waals surface area contributed by atoms with Gasteiger partial charge in [-0.15, -0.1) is 10.2 Å². The van der Waals surface area contributed by atoms with E-state index < -0.39 is 5.72 Å². The van der Waals surface area contributed by atoms with Crippen LogP contribution in [0.25, 0.3) is 0 Å². The van der Waals surface area contributed by atoms with Crippen molar-refractivity contribution in [2.24, 2.45) is 5.73 Å². The first-order valence-electron chi connectivity index (χ1n) is 11.0. The number of aromatic nitrogens is 4. The Morgan fingerprint density at radius 2 is 1.97 bits per heavy atom. The molecule has 168 valence electrons. The number of ketones is 1. The van der Waals surface area contributed by atoms with Gasteiger partial charge in [0.05, 0.1) is 24.4 Å². The second kappa shape index (κ2) is 9.78. The number of carbonyl (C=O) groups is 1. The zero-order valence-corrected chi connectivity index (χ0v) is 18.1. The molecular formula is C23H28N6O3. The Bertz CT molecular complexity index is 1040. The summed E-state index contributed by atoms with van der Waals surface area (Å²) in [6.45, 7) is 3.12. The number of aromatic amines is 1. The summed E-state index contributed by atoms with van der Waals surface area (Å²) in [5.74, 6) is 1.15. The van der Waals surface area contributed by atoms with Gasteiger partial charge in [-0.3, -0.25) is 10.5 Å². The number of tetrazole rings is 1. The van der Waals surface area contributed by atoms with Crippen LogP contribution >= 0.6 is 0 Å². The Balaban J connectivity index is 1.45. The van der Waals surface area contributed by atoms with E-state index in [1.165, 1.54) is 25.7 Å². The van der Waals surface area contributed by atoms with Crippen LogP contribution in [0.5, 0.6) is 11.5 Å². The van der Waals surface area contributed by atoms with Crippen LogP contribution < -0.4 is 20.5 Å². The van der Waals surface area contributed by atoms with Crippen molar-refractivity contribution in [2.45, 2.75) is 44.8 Å². The number of hydrogen-bond donors (Lipinski definition) is 3. The zero-order chi connectivity index (χ0) is 22.4. The molecule has 1 atom stereocenters. The molecule has 9 nitrogen and oxygen atoms in total. The van der Waals surface area contributed by atoms with Crippen molar-refractivity contribution in [1.29, 1.82) is 0 Å². The van der Waals surface area contributed by atoms with E-state index in [4.69, 9.17) is 15.2 Å². The number of rotatable bonds is 10. The number of anilines is 1.